The molecule has 1 amide bonds. The predicted octanol–water partition coefficient (Wildman–Crippen LogP) is 5.85. The number of aromatic nitrogens is 1. The third-order valence-electron chi connectivity index (χ3n) is 4.83. The van der Waals surface area contributed by atoms with Crippen molar-refractivity contribution in [2.24, 2.45) is 0 Å². The van der Waals surface area contributed by atoms with Crippen molar-refractivity contribution in [2.75, 3.05) is 5.32 Å². The molecule has 0 aliphatic rings. The molecule has 164 valence electrons. The van der Waals surface area contributed by atoms with Crippen LogP contribution in [0.2, 0.25) is 0 Å². The zero-order valence-electron chi connectivity index (χ0n) is 17.2. The number of rotatable bonds is 6. The molecule has 0 saturated heterocycles. The fourth-order valence-electron chi connectivity index (χ4n) is 3.14. The molecule has 1 heterocycles. The number of benzene rings is 3. The van der Waals surface area contributed by atoms with Crippen molar-refractivity contribution in [2.45, 2.75) is 6.92 Å². The van der Waals surface area contributed by atoms with E-state index in [2.05, 4.69) is 10.3 Å². The maximum absolute atomic E-state index is 12.7. The molecule has 0 radical (unpaired) electrons. The third-order valence-corrected chi connectivity index (χ3v) is 5.85. The molecule has 0 fully saturated rings. The van der Waals surface area contributed by atoms with Crippen molar-refractivity contribution >= 4 is 33.8 Å². The number of nitro benzene ring substituents is 2. The van der Waals surface area contributed by atoms with Gasteiger partial charge in [0, 0.05) is 35.4 Å². The lowest BCUT2D eigenvalue weighted by molar-refractivity contribution is -0.385. The van der Waals surface area contributed by atoms with Crippen molar-refractivity contribution in [1.29, 1.82) is 0 Å². The lowest BCUT2D eigenvalue weighted by Crippen LogP contribution is -2.11. The highest BCUT2D eigenvalue weighted by molar-refractivity contribution is 7.19. The molecule has 4 aromatic rings. The van der Waals surface area contributed by atoms with E-state index in [9.17, 15) is 25.0 Å². The summed E-state index contributed by atoms with van der Waals surface area (Å²) in [6, 6.07) is 19.2. The number of nitrogens with one attached hydrogen (secondary N) is 1. The van der Waals surface area contributed by atoms with Crippen LogP contribution in [0, 0.1) is 27.2 Å². The maximum atomic E-state index is 12.7. The second-order valence-corrected chi connectivity index (χ2v) is 8.13. The van der Waals surface area contributed by atoms with Crippen LogP contribution < -0.4 is 5.32 Å². The molecule has 9 nitrogen and oxygen atoms in total. The average molecular weight is 460 g/mol. The van der Waals surface area contributed by atoms with Crippen LogP contribution in [0.5, 0.6) is 0 Å². The average Bonchev–Trinajstić information content (AvgIpc) is 3.23. The largest absolute Gasteiger partial charge is 0.298 e. The smallest absolute Gasteiger partial charge is 0.270 e. The quantitative estimate of drug-likeness (QED) is 0.284. The standard InChI is InChI=1S/C23H16N4O5S/c1-14-5-7-16(8-6-14)21-20(15-9-11-18(12-10-15)26(29)30)24-23(33-21)25-22(28)17-3-2-4-19(13-17)27(31)32/h2-13H,1H3,(H,24,25,28). The minimum absolute atomic E-state index is 0.0370. The number of carbonyl (C=O) groups excluding carboxylic acids is 1. The van der Waals surface area contributed by atoms with E-state index >= 15 is 0 Å². The van der Waals surface area contributed by atoms with Gasteiger partial charge in [-0.15, -0.1) is 0 Å². The lowest BCUT2D eigenvalue weighted by Gasteiger charge is -2.03. The van der Waals surface area contributed by atoms with Gasteiger partial charge in [0.15, 0.2) is 5.13 Å². The Hall–Kier alpha value is -4.44. The van der Waals surface area contributed by atoms with Crippen molar-refractivity contribution < 1.29 is 14.6 Å². The molecule has 0 unspecified atom stereocenters. The van der Waals surface area contributed by atoms with Crippen LogP contribution in [0.15, 0.2) is 72.8 Å². The molecule has 0 spiro atoms. The lowest BCUT2D eigenvalue weighted by atomic mass is 10.1. The number of hydrogen-bond donors (Lipinski definition) is 1. The SMILES string of the molecule is Cc1ccc(-c2sc(NC(=O)c3cccc([N+](=O)[O-])c3)nc2-c2ccc([N+](=O)[O-])cc2)cc1. The highest BCUT2D eigenvalue weighted by atomic mass is 32.1. The summed E-state index contributed by atoms with van der Waals surface area (Å²) in [5, 5.41) is 25.0. The van der Waals surface area contributed by atoms with Crippen molar-refractivity contribution in [3.8, 4) is 21.7 Å². The molecule has 0 saturated carbocycles. The second kappa shape index (κ2) is 8.97. The van der Waals surface area contributed by atoms with Gasteiger partial charge in [-0.1, -0.05) is 47.2 Å². The molecule has 4 rings (SSSR count). The van der Waals surface area contributed by atoms with Gasteiger partial charge in [-0.25, -0.2) is 4.98 Å². The van der Waals surface area contributed by atoms with E-state index in [1.807, 2.05) is 31.2 Å². The molecular formula is C23H16N4O5S. The molecule has 10 heteroatoms. The van der Waals surface area contributed by atoms with Gasteiger partial charge in [-0.2, -0.15) is 0 Å². The van der Waals surface area contributed by atoms with Crippen LogP contribution >= 0.6 is 11.3 Å². The van der Waals surface area contributed by atoms with Crippen LogP contribution in [-0.4, -0.2) is 20.7 Å². The van der Waals surface area contributed by atoms with E-state index in [1.54, 1.807) is 12.1 Å². The third kappa shape index (κ3) is 4.75. The highest BCUT2D eigenvalue weighted by Crippen LogP contribution is 2.39. The van der Waals surface area contributed by atoms with Gasteiger partial charge in [0.05, 0.1) is 20.4 Å². The van der Waals surface area contributed by atoms with Crippen LogP contribution in [0.3, 0.4) is 0 Å². The number of aryl methyl sites for hydroxylation is 1. The molecule has 1 N–H and O–H groups in total. The Morgan fingerprint density at radius 2 is 1.52 bits per heavy atom. The summed E-state index contributed by atoms with van der Waals surface area (Å²) in [4.78, 5) is 39.0. The van der Waals surface area contributed by atoms with Gasteiger partial charge in [0.1, 0.15) is 0 Å². The summed E-state index contributed by atoms with van der Waals surface area (Å²) in [7, 11) is 0. The predicted molar refractivity (Wildman–Crippen MR) is 125 cm³/mol. The first kappa shape index (κ1) is 21.8. The van der Waals surface area contributed by atoms with Gasteiger partial charge >= 0.3 is 0 Å². The first-order valence-electron chi connectivity index (χ1n) is 9.70. The zero-order chi connectivity index (χ0) is 23.5. The Bertz CT molecular complexity index is 1360. The Kier molecular flexibility index (Phi) is 5.92. The van der Waals surface area contributed by atoms with Crippen molar-refractivity contribution in [3.63, 3.8) is 0 Å². The molecule has 0 aliphatic heterocycles. The summed E-state index contributed by atoms with van der Waals surface area (Å²) in [6.45, 7) is 1.97. The Morgan fingerprint density at radius 3 is 2.15 bits per heavy atom. The monoisotopic (exact) mass is 460 g/mol. The Morgan fingerprint density at radius 1 is 0.879 bits per heavy atom. The van der Waals surface area contributed by atoms with E-state index in [0.29, 0.717) is 16.4 Å². The minimum Gasteiger partial charge on any atom is -0.298 e. The molecular weight excluding hydrogens is 444 g/mol. The van der Waals surface area contributed by atoms with Crippen LogP contribution in [0.1, 0.15) is 15.9 Å². The summed E-state index contributed by atoms with van der Waals surface area (Å²) < 4.78 is 0. The zero-order valence-corrected chi connectivity index (χ0v) is 18.0. The number of non-ortho nitro benzene ring substituents is 2. The number of thiazole rings is 1. The number of anilines is 1. The van der Waals surface area contributed by atoms with E-state index in [0.717, 1.165) is 16.0 Å². The Labute approximate surface area is 191 Å². The fraction of sp³-hybridized carbons (Fsp3) is 0.0435. The summed E-state index contributed by atoms with van der Waals surface area (Å²) in [6.07, 6.45) is 0. The van der Waals surface area contributed by atoms with Crippen LogP contribution in [-0.2, 0) is 0 Å². The second-order valence-electron chi connectivity index (χ2n) is 7.13. The van der Waals surface area contributed by atoms with E-state index < -0.39 is 15.8 Å². The number of nitrogens with zero attached hydrogens (tertiary/aromatic N) is 3. The van der Waals surface area contributed by atoms with Gasteiger partial charge in [0.25, 0.3) is 17.3 Å². The molecule has 0 bridgehead atoms. The van der Waals surface area contributed by atoms with E-state index in [1.165, 1.54) is 47.7 Å². The van der Waals surface area contributed by atoms with Gasteiger partial charge < -0.3 is 0 Å². The number of carbonyl (C=O) groups is 1. The topological polar surface area (TPSA) is 128 Å². The van der Waals surface area contributed by atoms with Crippen LogP contribution in [0.4, 0.5) is 16.5 Å². The summed E-state index contributed by atoms with van der Waals surface area (Å²) in [5.41, 5.74) is 3.09. The minimum atomic E-state index is -0.567. The maximum Gasteiger partial charge on any atom is 0.270 e. The molecule has 1 aromatic heterocycles. The van der Waals surface area contributed by atoms with Crippen molar-refractivity contribution in [3.05, 3.63) is 104 Å². The number of nitro groups is 2. The van der Waals surface area contributed by atoms with Crippen LogP contribution in [0.25, 0.3) is 21.7 Å². The first-order valence-corrected chi connectivity index (χ1v) is 10.5. The van der Waals surface area contributed by atoms with Gasteiger partial charge in [-0.3, -0.25) is 30.3 Å². The molecule has 0 atom stereocenters. The fourth-order valence-corrected chi connectivity index (χ4v) is 4.13. The first-order chi connectivity index (χ1) is 15.8. The highest BCUT2D eigenvalue weighted by Gasteiger charge is 2.19. The summed E-state index contributed by atoms with van der Waals surface area (Å²) in [5.74, 6) is -0.529. The molecule has 3 aromatic carbocycles. The molecule has 33 heavy (non-hydrogen) atoms. The van der Waals surface area contributed by atoms with E-state index in [-0.39, 0.29) is 16.9 Å². The van der Waals surface area contributed by atoms with Gasteiger partial charge in [0.2, 0.25) is 0 Å². The molecule has 0 aliphatic carbocycles. The number of amides is 1. The Balaban J connectivity index is 1.72. The normalized spacial score (nSPS) is 10.6. The van der Waals surface area contributed by atoms with Crippen molar-refractivity contribution in [1.82, 2.24) is 4.98 Å². The number of hydrogen-bond acceptors (Lipinski definition) is 7. The van der Waals surface area contributed by atoms with E-state index in [4.69, 9.17) is 0 Å². The van der Waals surface area contributed by atoms with Gasteiger partial charge in [-0.05, 0) is 30.7 Å². The summed E-state index contributed by atoms with van der Waals surface area (Å²) >= 11 is 1.25.